The third kappa shape index (κ3) is 2.77. The third-order valence-electron chi connectivity index (χ3n) is 3.46. The van der Waals surface area contributed by atoms with Crippen LogP contribution in [0, 0.1) is 17.2 Å². The van der Waals surface area contributed by atoms with Gasteiger partial charge in [0.2, 0.25) is 0 Å². The van der Waals surface area contributed by atoms with Crippen molar-refractivity contribution in [1.82, 2.24) is 4.90 Å². The van der Waals surface area contributed by atoms with E-state index in [0.29, 0.717) is 16.5 Å². The fraction of sp³-hybridized carbons (Fsp3) is 0.500. The third-order valence-corrected chi connectivity index (χ3v) is 3.70. The van der Waals surface area contributed by atoms with Gasteiger partial charge in [-0.05, 0) is 43.5 Å². The number of hydrogen-bond acceptors (Lipinski definition) is 3. The van der Waals surface area contributed by atoms with Gasteiger partial charge in [-0.1, -0.05) is 18.5 Å². The molecule has 1 aliphatic rings. The molecule has 0 aliphatic carbocycles. The normalized spacial score (nSPS) is 22.4. The summed E-state index contributed by atoms with van der Waals surface area (Å²) in [7, 11) is 0. The van der Waals surface area contributed by atoms with E-state index < -0.39 is 6.04 Å². The van der Waals surface area contributed by atoms with E-state index in [0.717, 1.165) is 19.5 Å². The highest BCUT2D eigenvalue weighted by molar-refractivity contribution is 6.30. The van der Waals surface area contributed by atoms with Crippen molar-refractivity contribution in [2.45, 2.75) is 25.8 Å². The molecular formula is C14H17ClN2O. The van der Waals surface area contributed by atoms with Gasteiger partial charge in [0.25, 0.3) is 0 Å². The fourth-order valence-corrected chi connectivity index (χ4v) is 2.73. The maximum atomic E-state index is 9.90. The Morgan fingerprint density at radius 1 is 1.56 bits per heavy atom. The molecule has 0 amide bonds. The van der Waals surface area contributed by atoms with Crippen LogP contribution in [0.2, 0.25) is 5.02 Å². The van der Waals surface area contributed by atoms with E-state index in [2.05, 4.69) is 17.9 Å². The molecule has 1 aromatic rings. The summed E-state index contributed by atoms with van der Waals surface area (Å²) in [5, 5.41) is 19.8. The first kappa shape index (κ1) is 13.2. The second-order valence-corrected chi connectivity index (χ2v) is 5.41. The molecule has 2 rings (SSSR count). The molecule has 0 saturated carbocycles. The van der Waals surface area contributed by atoms with Crippen LogP contribution in [0.4, 0.5) is 0 Å². The molecule has 2 unspecified atom stereocenters. The van der Waals surface area contributed by atoms with Crippen LogP contribution in [-0.2, 0) is 0 Å². The number of rotatable bonds is 2. The average Bonchev–Trinajstić information content (AvgIpc) is 2.35. The molecule has 1 N–H and O–H groups in total. The topological polar surface area (TPSA) is 47.3 Å². The Labute approximate surface area is 113 Å². The van der Waals surface area contributed by atoms with Gasteiger partial charge in [0.1, 0.15) is 11.8 Å². The minimum absolute atomic E-state index is 0.143. The summed E-state index contributed by atoms with van der Waals surface area (Å²) in [6.45, 7) is 3.98. The average molecular weight is 265 g/mol. The predicted molar refractivity (Wildman–Crippen MR) is 71.4 cm³/mol. The molecule has 1 aliphatic heterocycles. The van der Waals surface area contributed by atoms with Crippen molar-refractivity contribution in [3.8, 4) is 11.8 Å². The molecular weight excluding hydrogens is 248 g/mol. The monoisotopic (exact) mass is 264 g/mol. The van der Waals surface area contributed by atoms with E-state index in [1.54, 1.807) is 18.2 Å². The van der Waals surface area contributed by atoms with Crippen molar-refractivity contribution in [1.29, 1.82) is 5.26 Å². The van der Waals surface area contributed by atoms with Gasteiger partial charge in [0, 0.05) is 17.1 Å². The minimum atomic E-state index is -0.411. The molecule has 1 saturated heterocycles. The fourth-order valence-electron chi connectivity index (χ4n) is 2.55. The smallest absolute Gasteiger partial charge is 0.127 e. The molecule has 1 heterocycles. The number of piperidine rings is 1. The summed E-state index contributed by atoms with van der Waals surface area (Å²) in [6.07, 6.45) is 2.30. The van der Waals surface area contributed by atoms with Gasteiger partial charge >= 0.3 is 0 Å². The quantitative estimate of drug-likeness (QED) is 0.891. The molecule has 0 spiro atoms. The van der Waals surface area contributed by atoms with Crippen molar-refractivity contribution in [2.75, 3.05) is 13.1 Å². The highest BCUT2D eigenvalue weighted by atomic mass is 35.5. The predicted octanol–water partition coefficient (Wildman–Crippen LogP) is 3.34. The first-order chi connectivity index (χ1) is 8.61. The second kappa shape index (κ2) is 5.60. The van der Waals surface area contributed by atoms with Crippen LogP contribution in [-0.4, -0.2) is 23.1 Å². The SMILES string of the molecule is CC1CCCN(C(C#N)c2cc(Cl)ccc2O)C1. The summed E-state index contributed by atoms with van der Waals surface area (Å²) in [4.78, 5) is 2.12. The Bertz CT molecular complexity index is 469. The van der Waals surface area contributed by atoms with Gasteiger partial charge in [0.05, 0.1) is 6.07 Å². The standard InChI is InChI=1S/C14H17ClN2O/c1-10-3-2-6-17(9-10)13(8-16)12-7-11(15)4-5-14(12)18/h4-5,7,10,13,18H,2-3,6,9H2,1H3. The Hall–Kier alpha value is -1.24. The van der Waals surface area contributed by atoms with Crippen molar-refractivity contribution < 1.29 is 5.11 Å². The number of hydrogen-bond donors (Lipinski definition) is 1. The Balaban J connectivity index is 2.28. The van der Waals surface area contributed by atoms with Crippen molar-refractivity contribution in [3.05, 3.63) is 28.8 Å². The van der Waals surface area contributed by atoms with Crippen LogP contribution in [0.1, 0.15) is 31.4 Å². The highest BCUT2D eigenvalue weighted by Crippen LogP contribution is 2.33. The lowest BCUT2D eigenvalue weighted by atomic mass is 9.96. The van der Waals surface area contributed by atoms with Crippen molar-refractivity contribution >= 4 is 11.6 Å². The van der Waals surface area contributed by atoms with Crippen LogP contribution >= 0.6 is 11.6 Å². The lowest BCUT2D eigenvalue weighted by Gasteiger charge is -2.34. The molecule has 18 heavy (non-hydrogen) atoms. The van der Waals surface area contributed by atoms with E-state index in [4.69, 9.17) is 11.6 Å². The van der Waals surface area contributed by atoms with Crippen LogP contribution in [0.15, 0.2) is 18.2 Å². The van der Waals surface area contributed by atoms with E-state index in [1.165, 1.54) is 6.42 Å². The number of phenolic OH excluding ortho intramolecular Hbond substituents is 1. The lowest BCUT2D eigenvalue weighted by molar-refractivity contribution is 0.155. The molecule has 0 aromatic heterocycles. The number of phenols is 1. The van der Waals surface area contributed by atoms with Crippen LogP contribution < -0.4 is 0 Å². The second-order valence-electron chi connectivity index (χ2n) is 4.98. The van der Waals surface area contributed by atoms with E-state index in [-0.39, 0.29) is 5.75 Å². The number of nitriles is 1. The first-order valence-electron chi connectivity index (χ1n) is 6.24. The number of nitrogens with zero attached hydrogens (tertiary/aromatic N) is 2. The summed E-state index contributed by atoms with van der Waals surface area (Å²) in [5.74, 6) is 0.736. The zero-order chi connectivity index (χ0) is 13.1. The van der Waals surface area contributed by atoms with Crippen LogP contribution in [0.25, 0.3) is 0 Å². The minimum Gasteiger partial charge on any atom is -0.508 e. The first-order valence-corrected chi connectivity index (χ1v) is 6.61. The van der Waals surface area contributed by atoms with E-state index in [9.17, 15) is 10.4 Å². The highest BCUT2D eigenvalue weighted by Gasteiger charge is 2.26. The maximum Gasteiger partial charge on any atom is 0.127 e. The number of aromatic hydroxyl groups is 1. The molecule has 0 bridgehead atoms. The van der Waals surface area contributed by atoms with Crippen molar-refractivity contribution in [2.24, 2.45) is 5.92 Å². The van der Waals surface area contributed by atoms with Gasteiger partial charge in [-0.3, -0.25) is 4.90 Å². The zero-order valence-corrected chi connectivity index (χ0v) is 11.2. The molecule has 3 nitrogen and oxygen atoms in total. The summed E-state index contributed by atoms with van der Waals surface area (Å²) < 4.78 is 0. The Morgan fingerprint density at radius 3 is 3.00 bits per heavy atom. The summed E-state index contributed by atoms with van der Waals surface area (Å²) in [5.41, 5.74) is 0.610. The van der Waals surface area contributed by atoms with Gasteiger partial charge in [-0.15, -0.1) is 0 Å². The van der Waals surface area contributed by atoms with E-state index in [1.807, 2.05) is 0 Å². The Morgan fingerprint density at radius 2 is 2.33 bits per heavy atom. The maximum absolute atomic E-state index is 9.90. The van der Waals surface area contributed by atoms with Crippen LogP contribution in [0.3, 0.4) is 0 Å². The molecule has 96 valence electrons. The van der Waals surface area contributed by atoms with Gasteiger partial charge in [0.15, 0.2) is 0 Å². The zero-order valence-electron chi connectivity index (χ0n) is 10.4. The van der Waals surface area contributed by atoms with Crippen LogP contribution in [0.5, 0.6) is 5.75 Å². The number of halogens is 1. The van der Waals surface area contributed by atoms with E-state index >= 15 is 0 Å². The molecule has 1 fully saturated rings. The lowest BCUT2D eigenvalue weighted by Crippen LogP contribution is -2.36. The molecule has 1 aromatic carbocycles. The van der Waals surface area contributed by atoms with Crippen molar-refractivity contribution in [3.63, 3.8) is 0 Å². The van der Waals surface area contributed by atoms with Gasteiger partial charge in [-0.25, -0.2) is 0 Å². The molecule has 0 radical (unpaired) electrons. The summed E-state index contributed by atoms with van der Waals surface area (Å²) >= 11 is 5.95. The molecule has 4 heteroatoms. The summed E-state index contributed by atoms with van der Waals surface area (Å²) in [6, 6.07) is 6.74. The largest absolute Gasteiger partial charge is 0.508 e. The van der Waals surface area contributed by atoms with Gasteiger partial charge < -0.3 is 5.11 Å². The van der Waals surface area contributed by atoms with Gasteiger partial charge in [-0.2, -0.15) is 5.26 Å². The number of benzene rings is 1. The molecule has 2 atom stereocenters. The Kier molecular flexibility index (Phi) is 4.11. The number of likely N-dealkylation sites (tertiary alicyclic amines) is 1.